The van der Waals surface area contributed by atoms with Crippen LogP contribution in [-0.4, -0.2) is 22.6 Å². The lowest BCUT2D eigenvalue weighted by atomic mass is 10.1. The lowest BCUT2D eigenvalue weighted by Crippen LogP contribution is -2.27. The Morgan fingerprint density at radius 2 is 2.00 bits per heavy atom. The van der Waals surface area contributed by atoms with Crippen molar-refractivity contribution in [3.63, 3.8) is 0 Å². The van der Waals surface area contributed by atoms with Crippen molar-refractivity contribution in [1.29, 1.82) is 0 Å². The summed E-state index contributed by atoms with van der Waals surface area (Å²) in [5.74, 6) is 0.217. The number of rotatable bonds is 5. The highest BCUT2D eigenvalue weighted by molar-refractivity contribution is 5.93. The van der Waals surface area contributed by atoms with E-state index in [1.807, 2.05) is 28.8 Å². The van der Waals surface area contributed by atoms with Crippen molar-refractivity contribution in [2.45, 2.75) is 25.8 Å². The molecule has 0 aliphatic carbocycles. The predicted molar refractivity (Wildman–Crippen MR) is 100 cm³/mol. The second-order valence-corrected chi connectivity index (χ2v) is 6.57. The average molecular weight is 381 g/mol. The molecular formula is C21H20FN3O3. The molecule has 0 spiro atoms. The maximum atomic E-state index is 13.0. The van der Waals surface area contributed by atoms with Crippen LogP contribution in [0, 0.1) is 5.82 Å². The fourth-order valence-electron chi connectivity index (χ4n) is 3.21. The number of nitrogens with one attached hydrogen (secondary N) is 1. The minimum Gasteiger partial charge on any atom is -0.497 e. The summed E-state index contributed by atoms with van der Waals surface area (Å²) in [5.41, 5.74) is 2.97. The normalized spacial score (nSPS) is 15.7. The zero-order valence-corrected chi connectivity index (χ0v) is 15.4. The Balaban J connectivity index is 1.42. The summed E-state index contributed by atoms with van der Waals surface area (Å²) in [6.45, 7) is 1.19. The Kier molecular flexibility index (Phi) is 5.08. The quantitative estimate of drug-likeness (QED) is 0.737. The highest BCUT2D eigenvalue weighted by Crippen LogP contribution is 2.28. The number of carbonyl (C=O) groups is 1. The van der Waals surface area contributed by atoms with Gasteiger partial charge in [0.05, 0.1) is 32.3 Å². The molecule has 0 bridgehead atoms. The molecule has 0 radical (unpaired) electrons. The number of carbonyl (C=O) groups excluding carboxylic acids is 1. The van der Waals surface area contributed by atoms with Crippen LogP contribution >= 0.6 is 0 Å². The second kappa shape index (κ2) is 7.82. The molecule has 0 fully saturated rings. The molecule has 2 heterocycles. The van der Waals surface area contributed by atoms with Crippen molar-refractivity contribution in [1.82, 2.24) is 14.9 Å². The molecule has 4 rings (SSSR count). The monoisotopic (exact) mass is 381 g/mol. The van der Waals surface area contributed by atoms with Crippen molar-refractivity contribution in [2.24, 2.45) is 0 Å². The molecule has 1 aliphatic heterocycles. The van der Waals surface area contributed by atoms with Crippen LogP contribution in [0.3, 0.4) is 0 Å². The van der Waals surface area contributed by atoms with Crippen LogP contribution in [-0.2, 0) is 24.4 Å². The van der Waals surface area contributed by atoms with Crippen LogP contribution in [0.15, 0.2) is 54.9 Å². The van der Waals surface area contributed by atoms with Gasteiger partial charge in [-0.15, -0.1) is 0 Å². The van der Waals surface area contributed by atoms with Gasteiger partial charge in [-0.05, 0) is 35.4 Å². The lowest BCUT2D eigenvalue weighted by molar-refractivity contribution is 0.00255. The Hall–Kier alpha value is -3.19. The molecule has 1 N–H and O–H groups in total. The van der Waals surface area contributed by atoms with E-state index in [4.69, 9.17) is 9.47 Å². The van der Waals surface area contributed by atoms with Crippen LogP contribution in [0.4, 0.5) is 4.39 Å². The number of methoxy groups -OCH3 is 1. The summed E-state index contributed by atoms with van der Waals surface area (Å²) >= 11 is 0. The second-order valence-electron chi connectivity index (χ2n) is 6.57. The number of fused-ring (bicyclic) bond motifs is 1. The Morgan fingerprint density at radius 3 is 2.71 bits per heavy atom. The number of aromatic nitrogens is 2. The maximum absolute atomic E-state index is 13.0. The van der Waals surface area contributed by atoms with Crippen molar-refractivity contribution in [3.05, 3.63) is 83.2 Å². The SMILES string of the molecule is COc1ccc([C@H]2Cn3cnc(C(=O)NCc4ccc(F)cc4)c3CO2)cc1. The van der Waals surface area contributed by atoms with Gasteiger partial charge in [0, 0.05) is 6.54 Å². The van der Waals surface area contributed by atoms with E-state index in [2.05, 4.69) is 10.3 Å². The first-order chi connectivity index (χ1) is 13.6. The zero-order valence-electron chi connectivity index (χ0n) is 15.4. The van der Waals surface area contributed by atoms with Gasteiger partial charge in [-0.3, -0.25) is 4.79 Å². The fraction of sp³-hybridized carbons (Fsp3) is 0.238. The van der Waals surface area contributed by atoms with Gasteiger partial charge in [0.1, 0.15) is 17.7 Å². The third-order valence-electron chi connectivity index (χ3n) is 4.80. The van der Waals surface area contributed by atoms with E-state index in [9.17, 15) is 9.18 Å². The Bertz CT molecular complexity index is 968. The molecule has 1 aliphatic rings. The molecule has 0 saturated heterocycles. The fourth-order valence-corrected chi connectivity index (χ4v) is 3.21. The van der Waals surface area contributed by atoms with Crippen LogP contribution in [0.2, 0.25) is 0 Å². The van der Waals surface area contributed by atoms with Crippen LogP contribution in [0.5, 0.6) is 5.75 Å². The molecule has 7 heteroatoms. The number of benzene rings is 2. The molecule has 1 aromatic heterocycles. The standard InChI is InChI=1S/C21H20FN3O3/c1-27-17-8-4-15(5-9-17)19-11-25-13-24-20(18(25)12-28-19)21(26)23-10-14-2-6-16(22)7-3-14/h2-9,13,19H,10-12H2,1H3,(H,23,26)/t19-/m1/s1. The minimum atomic E-state index is -0.304. The van der Waals surface area contributed by atoms with E-state index in [0.29, 0.717) is 25.4 Å². The van der Waals surface area contributed by atoms with Gasteiger partial charge in [-0.25, -0.2) is 9.37 Å². The smallest absolute Gasteiger partial charge is 0.272 e. The first-order valence-corrected chi connectivity index (χ1v) is 8.96. The van der Waals surface area contributed by atoms with Crippen molar-refractivity contribution < 1.29 is 18.7 Å². The number of halogens is 1. The van der Waals surface area contributed by atoms with E-state index >= 15 is 0 Å². The molecule has 0 unspecified atom stereocenters. The number of ether oxygens (including phenoxy) is 2. The van der Waals surface area contributed by atoms with E-state index < -0.39 is 0 Å². The highest BCUT2D eigenvalue weighted by Gasteiger charge is 2.26. The number of amides is 1. The molecule has 3 aromatic rings. The van der Waals surface area contributed by atoms with Crippen LogP contribution < -0.4 is 10.1 Å². The molecule has 6 nitrogen and oxygen atoms in total. The third kappa shape index (κ3) is 3.75. The molecule has 0 saturated carbocycles. The van der Waals surface area contributed by atoms with Crippen molar-refractivity contribution in [3.8, 4) is 5.75 Å². The molecule has 28 heavy (non-hydrogen) atoms. The van der Waals surface area contributed by atoms with Crippen LogP contribution in [0.25, 0.3) is 0 Å². The van der Waals surface area contributed by atoms with E-state index in [-0.39, 0.29) is 17.8 Å². The number of imidazole rings is 1. The summed E-state index contributed by atoms with van der Waals surface area (Å²) in [6, 6.07) is 13.8. The summed E-state index contributed by atoms with van der Waals surface area (Å²) < 4.78 is 26.1. The van der Waals surface area contributed by atoms with Gasteiger partial charge in [0.25, 0.3) is 5.91 Å². The topological polar surface area (TPSA) is 65.4 Å². The van der Waals surface area contributed by atoms with E-state index in [1.54, 1.807) is 25.6 Å². The zero-order chi connectivity index (χ0) is 19.5. The first-order valence-electron chi connectivity index (χ1n) is 8.96. The Labute approximate surface area is 161 Å². The molecule has 144 valence electrons. The average Bonchev–Trinajstić information content (AvgIpc) is 3.16. The summed E-state index contributed by atoms with van der Waals surface area (Å²) in [6.07, 6.45) is 1.56. The Morgan fingerprint density at radius 1 is 1.25 bits per heavy atom. The third-order valence-corrected chi connectivity index (χ3v) is 4.80. The minimum absolute atomic E-state index is 0.109. The number of nitrogens with zero attached hydrogens (tertiary/aromatic N) is 2. The van der Waals surface area contributed by atoms with Gasteiger partial charge in [-0.2, -0.15) is 0 Å². The number of hydrogen-bond acceptors (Lipinski definition) is 4. The van der Waals surface area contributed by atoms with Crippen molar-refractivity contribution >= 4 is 5.91 Å². The van der Waals surface area contributed by atoms with Gasteiger partial charge >= 0.3 is 0 Å². The summed E-state index contributed by atoms with van der Waals surface area (Å²) in [4.78, 5) is 16.8. The van der Waals surface area contributed by atoms with Gasteiger partial charge < -0.3 is 19.4 Å². The highest BCUT2D eigenvalue weighted by atomic mass is 19.1. The summed E-state index contributed by atoms with van der Waals surface area (Å²) in [5, 5.41) is 2.82. The molecule has 1 atom stereocenters. The van der Waals surface area contributed by atoms with Gasteiger partial charge in [0.2, 0.25) is 0 Å². The van der Waals surface area contributed by atoms with Crippen LogP contribution in [0.1, 0.15) is 33.4 Å². The largest absolute Gasteiger partial charge is 0.497 e. The lowest BCUT2D eigenvalue weighted by Gasteiger charge is -2.25. The van der Waals surface area contributed by atoms with Gasteiger partial charge in [0.15, 0.2) is 5.69 Å². The molecular weight excluding hydrogens is 361 g/mol. The predicted octanol–water partition coefficient (Wildman–Crippen LogP) is 3.23. The number of hydrogen-bond donors (Lipinski definition) is 1. The van der Waals surface area contributed by atoms with Crippen molar-refractivity contribution in [2.75, 3.05) is 7.11 Å². The summed E-state index contributed by atoms with van der Waals surface area (Å²) in [7, 11) is 1.63. The van der Waals surface area contributed by atoms with E-state index in [0.717, 1.165) is 22.6 Å². The van der Waals surface area contributed by atoms with Gasteiger partial charge in [-0.1, -0.05) is 24.3 Å². The molecule has 1 amide bonds. The van der Waals surface area contributed by atoms with E-state index in [1.165, 1.54) is 12.1 Å². The maximum Gasteiger partial charge on any atom is 0.272 e. The first kappa shape index (κ1) is 18.2. The molecule has 2 aromatic carbocycles.